The Bertz CT molecular complexity index is 327. The molecule has 0 saturated carbocycles. The van der Waals surface area contributed by atoms with Gasteiger partial charge in [0, 0.05) is 33.2 Å². The maximum atomic E-state index is 5.22. The zero-order chi connectivity index (χ0) is 10.6. The zero-order valence-corrected chi connectivity index (χ0v) is 10.0. The fraction of sp³-hybridized carbons (Fsp3) is 0.364. The average Bonchev–Trinajstić information content (AvgIpc) is 2.27. The summed E-state index contributed by atoms with van der Waals surface area (Å²) in [7, 11) is 0. The van der Waals surface area contributed by atoms with Crippen molar-refractivity contribution in [3.05, 3.63) is 29.6 Å². The van der Waals surface area contributed by atoms with Crippen LogP contribution in [0.3, 0.4) is 0 Å². The van der Waals surface area contributed by atoms with Gasteiger partial charge in [-0.05, 0) is 18.9 Å². The van der Waals surface area contributed by atoms with Crippen LogP contribution in [0.1, 0.15) is 37.8 Å². The highest BCUT2D eigenvalue weighted by Crippen LogP contribution is 2.09. The van der Waals surface area contributed by atoms with E-state index in [1.54, 1.807) is 12.4 Å². The van der Waals surface area contributed by atoms with Crippen molar-refractivity contribution >= 4 is 34.2 Å². The molecule has 0 bridgehead atoms. The highest BCUT2D eigenvalue weighted by Gasteiger charge is 2.03. The van der Waals surface area contributed by atoms with Crippen molar-refractivity contribution in [3.63, 3.8) is 0 Å². The van der Waals surface area contributed by atoms with E-state index >= 15 is 0 Å². The van der Waals surface area contributed by atoms with E-state index in [0.29, 0.717) is 0 Å². The SMILES string of the molecule is CCC(=S)c1cncc(C(=S)CC)c1. The summed E-state index contributed by atoms with van der Waals surface area (Å²) in [6, 6.07) is 2.03. The van der Waals surface area contributed by atoms with Crippen molar-refractivity contribution in [2.75, 3.05) is 0 Å². The van der Waals surface area contributed by atoms with E-state index in [1.165, 1.54) is 0 Å². The molecule has 0 aliphatic carbocycles. The van der Waals surface area contributed by atoms with Crippen molar-refractivity contribution in [2.45, 2.75) is 26.7 Å². The van der Waals surface area contributed by atoms with Crippen molar-refractivity contribution in [1.82, 2.24) is 4.98 Å². The number of rotatable bonds is 4. The summed E-state index contributed by atoms with van der Waals surface area (Å²) in [4.78, 5) is 6.03. The lowest BCUT2D eigenvalue weighted by atomic mass is 10.1. The molecule has 1 aromatic rings. The molecule has 0 aliphatic heterocycles. The van der Waals surface area contributed by atoms with Gasteiger partial charge in [0.25, 0.3) is 0 Å². The van der Waals surface area contributed by atoms with Gasteiger partial charge >= 0.3 is 0 Å². The molecule has 0 amide bonds. The maximum absolute atomic E-state index is 5.22. The van der Waals surface area contributed by atoms with Gasteiger partial charge in [-0.25, -0.2) is 0 Å². The molecule has 14 heavy (non-hydrogen) atoms. The third-order valence-corrected chi connectivity index (χ3v) is 3.07. The first-order valence-corrected chi connectivity index (χ1v) is 5.52. The number of thiocarbonyl (C=S) groups is 2. The average molecular weight is 223 g/mol. The Morgan fingerprint density at radius 1 is 1.07 bits per heavy atom. The molecule has 3 heteroatoms. The normalized spacial score (nSPS) is 9.86. The standard InChI is InChI=1S/C11H13NS2/c1-3-10(13)8-5-9(7-12-6-8)11(14)4-2/h5-7H,3-4H2,1-2H3. The van der Waals surface area contributed by atoms with E-state index in [1.807, 2.05) is 19.9 Å². The third kappa shape index (κ3) is 2.66. The van der Waals surface area contributed by atoms with Gasteiger partial charge in [-0.3, -0.25) is 4.98 Å². The molecule has 0 N–H and O–H groups in total. The fourth-order valence-electron chi connectivity index (χ4n) is 1.15. The zero-order valence-electron chi connectivity index (χ0n) is 8.41. The first-order chi connectivity index (χ1) is 6.69. The van der Waals surface area contributed by atoms with Gasteiger partial charge in [0.2, 0.25) is 0 Å². The van der Waals surface area contributed by atoms with Gasteiger partial charge in [-0.15, -0.1) is 0 Å². The molecule has 1 heterocycles. The van der Waals surface area contributed by atoms with E-state index < -0.39 is 0 Å². The minimum atomic E-state index is 0.874. The van der Waals surface area contributed by atoms with Crippen molar-refractivity contribution < 1.29 is 0 Å². The second kappa shape index (κ2) is 5.27. The lowest BCUT2D eigenvalue weighted by Gasteiger charge is -2.04. The van der Waals surface area contributed by atoms with E-state index in [4.69, 9.17) is 24.4 Å². The van der Waals surface area contributed by atoms with Crippen molar-refractivity contribution in [1.29, 1.82) is 0 Å². The molecule has 0 unspecified atom stereocenters. The van der Waals surface area contributed by atoms with Gasteiger partial charge in [0.15, 0.2) is 0 Å². The van der Waals surface area contributed by atoms with Crippen LogP contribution in [0.25, 0.3) is 0 Å². The van der Waals surface area contributed by atoms with Gasteiger partial charge in [-0.2, -0.15) is 0 Å². The molecular weight excluding hydrogens is 210 g/mol. The minimum Gasteiger partial charge on any atom is -0.263 e. The lowest BCUT2D eigenvalue weighted by Crippen LogP contribution is -2.01. The molecule has 0 fully saturated rings. The first-order valence-electron chi connectivity index (χ1n) is 4.70. The van der Waals surface area contributed by atoms with Crippen LogP contribution in [0.15, 0.2) is 18.5 Å². The second-order valence-electron chi connectivity index (χ2n) is 3.02. The van der Waals surface area contributed by atoms with E-state index in [9.17, 15) is 0 Å². The Kier molecular flexibility index (Phi) is 4.29. The molecule has 74 valence electrons. The van der Waals surface area contributed by atoms with Crippen LogP contribution in [0.5, 0.6) is 0 Å². The molecule has 1 rings (SSSR count). The Labute approximate surface area is 95.6 Å². The highest BCUT2D eigenvalue weighted by atomic mass is 32.1. The number of pyridine rings is 1. The Hall–Kier alpha value is -0.670. The van der Waals surface area contributed by atoms with Crippen LogP contribution >= 0.6 is 24.4 Å². The minimum absolute atomic E-state index is 0.874. The summed E-state index contributed by atoms with van der Waals surface area (Å²) in [5.74, 6) is 0. The van der Waals surface area contributed by atoms with Crippen LogP contribution < -0.4 is 0 Å². The van der Waals surface area contributed by atoms with Crippen LogP contribution in [0, 0.1) is 0 Å². The molecule has 1 aromatic heterocycles. The van der Waals surface area contributed by atoms with Crippen molar-refractivity contribution in [2.24, 2.45) is 0 Å². The van der Waals surface area contributed by atoms with Gasteiger partial charge < -0.3 is 0 Å². The quantitative estimate of drug-likeness (QED) is 0.574. The van der Waals surface area contributed by atoms with Gasteiger partial charge in [-0.1, -0.05) is 38.3 Å². The topological polar surface area (TPSA) is 12.9 Å². The van der Waals surface area contributed by atoms with E-state index in [0.717, 1.165) is 33.7 Å². The van der Waals surface area contributed by atoms with Crippen LogP contribution in [-0.4, -0.2) is 14.7 Å². The lowest BCUT2D eigenvalue weighted by molar-refractivity contribution is 1.25. The highest BCUT2D eigenvalue weighted by molar-refractivity contribution is 7.81. The Balaban J connectivity index is 3.01. The van der Waals surface area contributed by atoms with Crippen LogP contribution in [0.4, 0.5) is 0 Å². The summed E-state index contributed by atoms with van der Waals surface area (Å²) in [5.41, 5.74) is 2.05. The second-order valence-corrected chi connectivity index (χ2v) is 4.00. The number of nitrogens with zero attached hydrogens (tertiary/aromatic N) is 1. The molecule has 0 radical (unpaired) electrons. The Morgan fingerprint density at radius 3 is 1.86 bits per heavy atom. The van der Waals surface area contributed by atoms with Gasteiger partial charge in [0.05, 0.1) is 0 Å². The van der Waals surface area contributed by atoms with Gasteiger partial charge in [0.1, 0.15) is 0 Å². The number of hydrogen-bond acceptors (Lipinski definition) is 3. The summed E-state index contributed by atoms with van der Waals surface area (Å²) in [6.45, 7) is 4.10. The largest absolute Gasteiger partial charge is 0.263 e. The van der Waals surface area contributed by atoms with E-state index in [-0.39, 0.29) is 0 Å². The molecular formula is C11H13NS2. The molecule has 0 aliphatic rings. The number of aromatic nitrogens is 1. The third-order valence-electron chi connectivity index (χ3n) is 2.02. The summed E-state index contributed by atoms with van der Waals surface area (Å²) in [5, 5.41) is 0. The summed E-state index contributed by atoms with van der Waals surface area (Å²) >= 11 is 10.4. The molecule has 0 saturated heterocycles. The summed E-state index contributed by atoms with van der Waals surface area (Å²) in [6.07, 6.45) is 5.35. The van der Waals surface area contributed by atoms with Crippen LogP contribution in [-0.2, 0) is 0 Å². The fourth-order valence-corrected chi connectivity index (χ4v) is 1.38. The number of hydrogen-bond donors (Lipinski definition) is 0. The first kappa shape index (κ1) is 11.4. The molecule has 0 spiro atoms. The predicted molar refractivity (Wildman–Crippen MR) is 68.2 cm³/mol. The molecule has 0 aromatic carbocycles. The predicted octanol–water partition coefficient (Wildman–Crippen LogP) is 3.34. The summed E-state index contributed by atoms with van der Waals surface area (Å²) < 4.78 is 0. The van der Waals surface area contributed by atoms with E-state index in [2.05, 4.69) is 4.98 Å². The Morgan fingerprint density at radius 2 is 1.50 bits per heavy atom. The maximum Gasteiger partial charge on any atom is 0.0351 e. The smallest absolute Gasteiger partial charge is 0.0351 e. The monoisotopic (exact) mass is 223 g/mol. The van der Waals surface area contributed by atoms with Crippen molar-refractivity contribution in [3.8, 4) is 0 Å². The molecule has 0 atom stereocenters. The van der Waals surface area contributed by atoms with Crippen LogP contribution in [0.2, 0.25) is 0 Å². The molecule has 1 nitrogen and oxygen atoms in total.